The van der Waals surface area contributed by atoms with Crippen LogP contribution >= 0.6 is 0 Å². The van der Waals surface area contributed by atoms with Gasteiger partial charge in [-0.25, -0.2) is 0 Å². The van der Waals surface area contributed by atoms with E-state index in [1.807, 2.05) is 13.8 Å². The summed E-state index contributed by atoms with van der Waals surface area (Å²) in [5.74, 6) is 0. The van der Waals surface area contributed by atoms with Gasteiger partial charge in [-0.05, 0) is 44.7 Å². The minimum atomic E-state index is -3.75. The molecule has 130 valence electrons. The van der Waals surface area contributed by atoms with E-state index in [4.69, 9.17) is 13.7 Å². The Balaban J connectivity index is 1.92. The highest BCUT2D eigenvalue weighted by molar-refractivity contribution is 7.86. The highest BCUT2D eigenvalue weighted by atomic mass is 32.2. The summed E-state index contributed by atoms with van der Waals surface area (Å²) in [5.41, 5.74) is 1.01. The molecule has 0 bridgehead atoms. The molecule has 2 unspecified atom stereocenters. The van der Waals surface area contributed by atoms with Gasteiger partial charge in [0.15, 0.2) is 6.29 Å². The average molecular weight is 342 g/mol. The van der Waals surface area contributed by atoms with Gasteiger partial charge in [-0.1, -0.05) is 31.0 Å². The normalized spacial score (nSPS) is 20.3. The Hall–Kier alpha value is -0.950. The molecule has 1 fully saturated rings. The zero-order chi connectivity index (χ0) is 16.7. The summed E-state index contributed by atoms with van der Waals surface area (Å²) in [6.45, 7) is 4.66. The molecule has 6 heteroatoms. The molecule has 0 aliphatic carbocycles. The summed E-state index contributed by atoms with van der Waals surface area (Å²) >= 11 is 0. The number of hydrogen-bond acceptors (Lipinski definition) is 5. The summed E-state index contributed by atoms with van der Waals surface area (Å²) in [6.07, 6.45) is 4.09. The number of rotatable bonds is 8. The van der Waals surface area contributed by atoms with Crippen LogP contribution in [0.15, 0.2) is 29.2 Å². The predicted octanol–water partition coefficient (Wildman–Crippen LogP) is 3.41. The molecular weight excluding hydrogens is 316 g/mol. The van der Waals surface area contributed by atoms with E-state index in [9.17, 15) is 8.42 Å². The average Bonchev–Trinajstić information content (AvgIpc) is 2.54. The van der Waals surface area contributed by atoms with Gasteiger partial charge in [0.25, 0.3) is 10.1 Å². The highest BCUT2D eigenvalue weighted by Crippen LogP contribution is 2.19. The first-order valence-electron chi connectivity index (χ1n) is 8.24. The molecule has 1 aliphatic rings. The van der Waals surface area contributed by atoms with Crippen molar-refractivity contribution in [1.29, 1.82) is 0 Å². The van der Waals surface area contributed by atoms with Crippen LogP contribution in [0.1, 0.15) is 44.6 Å². The second-order valence-electron chi connectivity index (χ2n) is 5.89. The molecule has 0 N–H and O–H groups in total. The van der Waals surface area contributed by atoms with Crippen molar-refractivity contribution in [2.75, 3.05) is 13.2 Å². The molecule has 0 amide bonds. The van der Waals surface area contributed by atoms with Crippen molar-refractivity contribution < 1.29 is 22.1 Å². The lowest BCUT2D eigenvalue weighted by molar-refractivity contribution is -0.194. The largest absolute Gasteiger partial charge is 0.353 e. The monoisotopic (exact) mass is 342 g/mol. The molecule has 2 rings (SSSR count). The van der Waals surface area contributed by atoms with Crippen molar-refractivity contribution >= 4 is 10.1 Å². The first-order chi connectivity index (χ1) is 11.0. The molecule has 1 aliphatic heterocycles. The van der Waals surface area contributed by atoms with Crippen LogP contribution in [0, 0.1) is 6.92 Å². The van der Waals surface area contributed by atoms with Crippen molar-refractivity contribution in [3.05, 3.63) is 29.8 Å². The number of hydrogen-bond donors (Lipinski definition) is 0. The second kappa shape index (κ2) is 8.78. The Bertz CT molecular complexity index is 561. The van der Waals surface area contributed by atoms with Gasteiger partial charge in [0.2, 0.25) is 0 Å². The van der Waals surface area contributed by atoms with E-state index in [0.29, 0.717) is 6.61 Å². The molecule has 5 nitrogen and oxygen atoms in total. The fraction of sp³-hybridized carbons (Fsp3) is 0.647. The summed E-state index contributed by atoms with van der Waals surface area (Å²) in [7, 11) is -3.75. The predicted molar refractivity (Wildman–Crippen MR) is 87.7 cm³/mol. The van der Waals surface area contributed by atoms with Crippen molar-refractivity contribution in [2.24, 2.45) is 0 Å². The second-order valence-corrected chi connectivity index (χ2v) is 7.51. The SMILES string of the molecule is CCCC(COS(=O)(=O)c1ccc(C)cc1)OC1CCCCO1. The standard InChI is InChI=1S/C17H26O5S/c1-3-6-15(22-17-7-4-5-12-20-17)13-21-23(18,19)16-10-8-14(2)9-11-16/h8-11,15,17H,3-7,12-13H2,1-2H3. The first kappa shape index (κ1) is 18.4. The van der Waals surface area contributed by atoms with E-state index >= 15 is 0 Å². The van der Waals surface area contributed by atoms with Gasteiger partial charge in [-0.3, -0.25) is 4.18 Å². The number of aryl methyl sites for hydroxylation is 1. The number of ether oxygens (including phenoxy) is 2. The molecular formula is C17H26O5S. The Morgan fingerprint density at radius 3 is 2.61 bits per heavy atom. The Morgan fingerprint density at radius 2 is 2.00 bits per heavy atom. The van der Waals surface area contributed by atoms with Crippen LogP contribution < -0.4 is 0 Å². The van der Waals surface area contributed by atoms with E-state index in [-0.39, 0.29) is 23.9 Å². The van der Waals surface area contributed by atoms with Crippen molar-refractivity contribution in [2.45, 2.75) is 63.2 Å². The van der Waals surface area contributed by atoms with E-state index in [1.54, 1.807) is 24.3 Å². The first-order valence-corrected chi connectivity index (χ1v) is 9.65. The molecule has 2 atom stereocenters. The van der Waals surface area contributed by atoms with Crippen LogP contribution in [-0.4, -0.2) is 34.0 Å². The van der Waals surface area contributed by atoms with Gasteiger partial charge in [0, 0.05) is 6.61 Å². The van der Waals surface area contributed by atoms with Gasteiger partial charge in [0.1, 0.15) is 0 Å². The summed E-state index contributed by atoms with van der Waals surface area (Å²) < 4.78 is 41.1. The third-order valence-electron chi connectivity index (χ3n) is 3.81. The Morgan fingerprint density at radius 1 is 1.26 bits per heavy atom. The number of benzene rings is 1. The van der Waals surface area contributed by atoms with Gasteiger partial charge < -0.3 is 9.47 Å². The smallest absolute Gasteiger partial charge is 0.297 e. The van der Waals surface area contributed by atoms with E-state index in [1.165, 1.54) is 0 Å². The van der Waals surface area contributed by atoms with E-state index in [2.05, 4.69) is 0 Å². The van der Waals surface area contributed by atoms with Crippen LogP contribution in [0.2, 0.25) is 0 Å². The van der Waals surface area contributed by atoms with Gasteiger partial charge in [0.05, 0.1) is 17.6 Å². The van der Waals surface area contributed by atoms with Crippen molar-refractivity contribution in [3.8, 4) is 0 Å². The van der Waals surface area contributed by atoms with Crippen molar-refractivity contribution in [1.82, 2.24) is 0 Å². The fourth-order valence-corrected chi connectivity index (χ4v) is 3.42. The molecule has 1 heterocycles. The molecule has 0 aromatic heterocycles. The quantitative estimate of drug-likeness (QED) is 0.678. The van der Waals surface area contributed by atoms with E-state index in [0.717, 1.165) is 37.7 Å². The van der Waals surface area contributed by atoms with Gasteiger partial charge in [-0.2, -0.15) is 8.42 Å². The lowest BCUT2D eigenvalue weighted by Gasteiger charge is -2.27. The summed E-state index contributed by atoms with van der Waals surface area (Å²) in [4.78, 5) is 0.173. The molecule has 0 saturated carbocycles. The molecule has 1 aromatic carbocycles. The van der Waals surface area contributed by atoms with Crippen LogP contribution in [0.25, 0.3) is 0 Å². The topological polar surface area (TPSA) is 61.8 Å². The van der Waals surface area contributed by atoms with Crippen LogP contribution in [0.5, 0.6) is 0 Å². The molecule has 23 heavy (non-hydrogen) atoms. The maximum atomic E-state index is 12.2. The molecule has 0 radical (unpaired) electrons. The molecule has 1 saturated heterocycles. The zero-order valence-electron chi connectivity index (χ0n) is 13.9. The minimum Gasteiger partial charge on any atom is -0.353 e. The lowest BCUT2D eigenvalue weighted by atomic mass is 10.2. The van der Waals surface area contributed by atoms with Crippen molar-refractivity contribution in [3.63, 3.8) is 0 Å². The van der Waals surface area contributed by atoms with Crippen LogP contribution in [0.4, 0.5) is 0 Å². The Labute approximate surface area is 139 Å². The zero-order valence-corrected chi connectivity index (χ0v) is 14.7. The third-order valence-corrected chi connectivity index (χ3v) is 5.11. The highest BCUT2D eigenvalue weighted by Gasteiger charge is 2.23. The van der Waals surface area contributed by atoms with Crippen LogP contribution in [0.3, 0.4) is 0 Å². The molecule has 1 aromatic rings. The molecule has 0 spiro atoms. The van der Waals surface area contributed by atoms with E-state index < -0.39 is 10.1 Å². The van der Waals surface area contributed by atoms with Gasteiger partial charge in [-0.15, -0.1) is 0 Å². The van der Waals surface area contributed by atoms with Crippen LogP contribution in [-0.2, 0) is 23.8 Å². The minimum absolute atomic E-state index is 0.0178. The maximum absolute atomic E-state index is 12.2. The lowest BCUT2D eigenvalue weighted by Crippen LogP contribution is -2.31. The summed E-state index contributed by atoms with van der Waals surface area (Å²) in [5, 5.41) is 0. The summed E-state index contributed by atoms with van der Waals surface area (Å²) in [6, 6.07) is 6.63. The maximum Gasteiger partial charge on any atom is 0.297 e. The third kappa shape index (κ3) is 5.88. The van der Waals surface area contributed by atoms with Gasteiger partial charge >= 0.3 is 0 Å². The fourth-order valence-electron chi connectivity index (χ4n) is 2.48. The Kier molecular flexibility index (Phi) is 7.02.